The molecule has 7 nitrogen and oxygen atoms in total. The highest BCUT2D eigenvalue weighted by atomic mass is 32.2. The molecule has 1 heterocycles. The number of carbonyl (C=O) groups excluding carboxylic acids is 1. The summed E-state index contributed by atoms with van der Waals surface area (Å²) in [6, 6.07) is 5.55. The number of nitriles is 1. The van der Waals surface area contributed by atoms with Crippen molar-refractivity contribution >= 4 is 17.7 Å². The maximum absolute atomic E-state index is 12.0. The first-order valence-corrected chi connectivity index (χ1v) is 9.13. The van der Waals surface area contributed by atoms with E-state index in [4.69, 9.17) is 14.2 Å². The fourth-order valence-corrected chi connectivity index (χ4v) is 2.34. The third-order valence-corrected chi connectivity index (χ3v) is 3.71. The van der Waals surface area contributed by atoms with E-state index >= 15 is 0 Å². The molecule has 0 aromatic carbocycles. The molecular formula is C17H23N3O4S. The zero-order valence-electron chi connectivity index (χ0n) is 14.7. The first-order chi connectivity index (χ1) is 12.2. The Labute approximate surface area is 152 Å². The van der Waals surface area contributed by atoms with Crippen LogP contribution in [0.4, 0.5) is 0 Å². The molecule has 1 rings (SSSR count). The quantitative estimate of drug-likeness (QED) is 0.276. The molecule has 0 unspecified atom stereocenters. The summed E-state index contributed by atoms with van der Waals surface area (Å²) in [4.78, 5) is 16.2. The van der Waals surface area contributed by atoms with Crippen molar-refractivity contribution in [1.82, 2.24) is 10.3 Å². The van der Waals surface area contributed by atoms with Gasteiger partial charge in [-0.2, -0.15) is 5.26 Å². The van der Waals surface area contributed by atoms with Gasteiger partial charge in [0.25, 0.3) is 0 Å². The normalized spacial score (nSPS) is 11.3. The van der Waals surface area contributed by atoms with Crippen LogP contribution in [-0.4, -0.2) is 43.6 Å². The molecule has 0 atom stereocenters. The number of nitrogens with zero attached hydrogens (tertiary/aromatic N) is 2. The summed E-state index contributed by atoms with van der Waals surface area (Å²) in [5.41, 5.74) is 0.847. The average molecular weight is 365 g/mol. The number of hydrogen-bond acceptors (Lipinski definition) is 8. The first kappa shape index (κ1) is 20.8. The van der Waals surface area contributed by atoms with E-state index in [0.29, 0.717) is 37.3 Å². The molecular weight excluding hydrogens is 342 g/mol. The zero-order chi connectivity index (χ0) is 18.5. The van der Waals surface area contributed by atoms with Gasteiger partial charge in [-0.15, -0.1) is 11.8 Å². The van der Waals surface area contributed by atoms with Crippen LogP contribution in [0.5, 0.6) is 5.88 Å². The van der Waals surface area contributed by atoms with Gasteiger partial charge in [-0.3, -0.25) is 0 Å². The zero-order valence-corrected chi connectivity index (χ0v) is 15.5. The molecule has 1 N–H and O–H groups in total. The molecule has 0 amide bonds. The Morgan fingerprint density at radius 1 is 1.32 bits per heavy atom. The van der Waals surface area contributed by atoms with Crippen LogP contribution < -0.4 is 10.1 Å². The fraction of sp³-hybridized carbons (Fsp3) is 0.471. The van der Waals surface area contributed by atoms with Crippen molar-refractivity contribution in [2.24, 2.45) is 0 Å². The highest BCUT2D eigenvalue weighted by Gasteiger charge is 2.16. The fourth-order valence-electron chi connectivity index (χ4n) is 1.79. The van der Waals surface area contributed by atoms with Gasteiger partial charge in [-0.25, -0.2) is 9.78 Å². The van der Waals surface area contributed by atoms with E-state index in [1.54, 1.807) is 18.5 Å². The van der Waals surface area contributed by atoms with Gasteiger partial charge in [0.05, 0.1) is 18.2 Å². The molecule has 0 fully saturated rings. The summed E-state index contributed by atoms with van der Waals surface area (Å²) in [7, 11) is 0. The number of carbonyl (C=O) groups is 1. The van der Waals surface area contributed by atoms with Gasteiger partial charge in [0.1, 0.15) is 12.7 Å². The number of rotatable bonds is 11. The highest BCUT2D eigenvalue weighted by Crippen LogP contribution is 2.16. The van der Waals surface area contributed by atoms with E-state index < -0.39 is 5.97 Å². The van der Waals surface area contributed by atoms with E-state index in [1.165, 1.54) is 11.8 Å². The van der Waals surface area contributed by atoms with Crippen molar-refractivity contribution in [3.63, 3.8) is 0 Å². The Hall–Kier alpha value is -2.24. The smallest absolute Gasteiger partial charge is 0.351 e. The Morgan fingerprint density at radius 2 is 2.12 bits per heavy atom. The van der Waals surface area contributed by atoms with Crippen LogP contribution >= 0.6 is 11.8 Å². The average Bonchev–Trinajstić information content (AvgIpc) is 2.63. The largest absolute Gasteiger partial charge is 0.478 e. The second-order valence-electron chi connectivity index (χ2n) is 4.64. The predicted molar refractivity (Wildman–Crippen MR) is 95.9 cm³/mol. The summed E-state index contributed by atoms with van der Waals surface area (Å²) in [6.07, 6.45) is 3.46. The molecule has 0 saturated carbocycles. The second kappa shape index (κ2) is 12.2. The summed E-state index contributed by atoms with van der Waals surface area (Å²) in [5.74, 6) is -0.105. The first-order valence-electron chi connectivity index (χ1n) is 7.91. The van der Waals surface area contributed by atoms with Gasteiger partial charge in [-0.1, -0.05) is 6.07 Å². The Kier molecular flexibility index (Phi) is 10.1. The van der Waals surface area contributed by atoms with Crippen LogP contribution in [-0.2, 0) is 20.8 Å². The summed E-state index contributed by atoms with van der Waals surface area (Å²) in [5, 5.41) is 12.8. The van der Waals surface area contributed by atoms with Gasteiger partial charge in [0, 0.05) is 25.4 Å². The minimum absolute atomic E-state index is 0.0529. The van der Waals surface area contributed by atoms with Crippen LogP contribution in [0.25, 0.3) is 0 Å². The standard InChI is InChI=1S/C17H23N3O4S/c1-4-22-8-9-24-17(21)14(10-18)16(25-3)20-12-13-6-7-15(19-11-13)23-5-2/h6-7,11,20H,4-5,8-9,12H2,1-3H3/b16-14-. The monoisotopic (exact) mass is 365 g/mol. The number of thioether (sulfide) groups is 1. The number of nitrogens with one attached hydrogen (secondary N) is 1. The van der Waals surface area contributed by atoms with E-state index in [9.17, 15) is 10.1 Å². The molecule has 25 heavy (non-hydrogen) atoms. The molecule has 1 aromatic rings. The predicted octanol–water partition coefficient (Wildman–Crippen LogP) is 2.25. The molecule has 8 heteroatoms. The molecule has 136 valence electrons. The lowest BCUT2D eigenvalue weighted by Gasteiger charge is -2.11. The SMILES string of the molecule is CCOCCOC(=O)/C(C#N)=C(/NCc1ccc(OCC)nc1)SC. The van der Waals surface area contributed by atoms with Gasteiger partial charge in [0.15, 0.2) is 5.57 Å². The van der Waals surface area contributed by atoms with Crippen molar-refractivity contribution in [3.8, 4) is 11.9 Å². The maximum Gasteiger partial charge on any atom is 0.351 e. The van der Waals surface area contributed by atoms with Crippen LogP contribution in [0.2, 0.25) is 0 Å². The number of esters is 1. The lowest BCUT2D eigenvalue weighted by molar-refractivity contribution is -0.140. The van der Waals surface area contributed by atoms with Crippen LogP contribution in [0.3, 0.4) is 0 Å². The lowest BCUT2D eigenvalue weighted by atomic mass is 10.2. The molecule has 0 saturated heterocycles. The van der Waals surface area contributed by atoms with Crippen molar-refractivity contribution in [1.29, 1.82) is 5.26 Å². The van der Waals surface area contributed by atoms with Gasteiger partial charge in [0.2, 0.25) is 5.88 Å². The van der Waals surface area contributed by atoms with Gasteiger partial charge >= 0.3 is 5.97 Å². The number of hydrogen-bond donors (Lipinski definition) is 1. The van der Waals surface area contributed by atoms with Crippen molar-refractivity contribution < 1.29 is 19.0 Å². The minimum atomic E-state index is -0.663. The second-order valence-corrected chi connectivity index (χ2v) is 5.46. The Bertz CT molecular complexity index is 611. The van der Waals surface area contributed by atoms with Crippen molar-refractivity contribution in [2.45, 2.75) is 20.4 Å². The summed E-state index contributed by atoms with van der Waals surface area (Å²) >= 11 is 1.27. The van der Waals surface area contributed by atoms with E-state index in [0.717, 1.165) is 5.56 Å². The molecule has 1 aromatic heterocycles. The number of pyridine rings is 1. The molecule has 0 radical (unpaired) electrons. The topological polar surface area (TPSA) is 93.5 Å². The summed E-state index contributed by atoms with van der Waals surface area (Å²) in [6.45, 7) is 5.70. The van der Waals surface area contributed by atoms with Crippen LogP contribution in [0.1, 0.15) is 19.4 Å². The maximum atomic E-state index is 12.0. The minimum Gasteiger partial charge on any atom is -0.478 e. The summed E-state index contributed by atoms with van der Waals surface area (Å²) < 4.78 is 15.4. The third kappa shape index (κ3) is 7.45. The lowest BCUT2D eigenvalue weighted by Crippen LogP contribution is -2.19. The Balaban J connectivity index is 2.68. The van der Waals surface area contributed by atoms with Crippen molar-refractivity contribution in [3.05, 3.63) is 34.5 Å². The molecule has 0 aliphatic rings. The van der Waals surface area contributed by atoms with E-state index in [2.05, 4.69) is 10.3 Å². The third-order valence-electron chi connectivity index (χ3n) is 2.95. The van der Waals surface area contributed by atoms with Crippen LogP contribution in [0, 0.1) is 11.3 Å². The van der Waals surface area contributed by atoms with Gasteiger partial charge in [-0.05, 0) is 25.7 Å². The molecule has 0 bridgehead atoms. The van der Waals surface area contributed by atoms with E-state index in [1.807, 2.05) is 26.0 Å². The van der Waals surface area contributed by atoms with E-state index in [-0.39, 0.29) is 12.2 Å². The van der Waals surface area contributed by atoms with Crippen molar-refractivity contribution in [2.75, 3.05) is 32.7 Å². The molecule has 0 aliphatic carbocycles. The van der Waals surface area contributed by atoms with Crippen LogP contribution in [0.15, 0.2) is 28.9 Å². The number of aromatic nitrogens is 1. The number of ether oxygens (including phenoxy) is 3. The Morgan fingerprint density at radius 3 is 2.68 bits per heavy atom. The molecule has 0 aliphatic heterocycles. The highest BCUT2D eigenvalue weighted by molar-refractivity contribution is 8.02. The molecule has 0 spiro atoms. The van der Waals surface area contributed by atoms with Gasteiger partial charge < -0.3 is 19.5 Å².